The van der Waals surface area contributed by atoms with E-state index in [0.29, 0.717) is 0 Å². The van der Waals surface area contributed by atoms with E-state index in [2.05, 4.69) is 43.2 Å². The van der Waals surface area contributed by atoms with Crippen molar-refractivity contribution in [3.63, 3.8) is 0 Å². The Morgan fingerprint density at radius 1 is 1.05 bits per heavy atom. The third-order valence-corrected chi connectivity index (χ3v) is 5.98. The molecule has 0 saturated carbocycles. The van der Waals surface area contributed by atoms with Crippen molar-refractivity contribution in [2.45, 2.75) is 23.5 Å². The van der Waals surface area contributed by atoms with Crippen LogP contribution in [0.3, 0.4) is 0 Å². The molecule has 4 heteroatoms. The zero-order valence-corrected chi connectivity index (χ0v) is 15.1. The molecule has 0 aromatic heterocycles. The molecule has 2 rings (SSSR count). The van der Waals surface area contributed by atoms with Gasteiger partial charge in [-0.2, -0.15) is 0 Å². The Morgan fingerprint density at radius 2 is 1.71 bits per heavy atom. The molecule has 1 N–H and O–H groups in total. The molecule has 0 saturated heterocycles. The van der Waals surface area contributed by atoms with E-state index in [1.807, 2.05) is 56.3 Å². The maximum absolute atomic E-state index is 12.4. The van der Waals surface area contributed by atoms with Crippen LogP contribution in [0, 0.1) is 13.8 Å². The first-order valence-electron chi connectivity index (χ1n) is 6.70. The van der Waals surface area contributed by atoms with Crippen LogP contribution in [-0.2, 0) is 4.79 Å². The number of carbonyl (C=O) groups is 1. The molecule has 2 atom stereocenters. The summed E-state index contributed by atoms with van der Waals surface area (Å²) in [5.41, 5.74) is 4.16. The summed E-state index contributed by atoms with van der Waals surface area (Å²) < 4.78 is 0. The molecular formula is C17H17Br2NO. The molecule has 21 heavy (non-hydrogen) atoms. The molecule has 0 spiro atoms. The lowest BCUT2D eigenvalue weighted by molar-refractivity contribution is -0.115. The van der Waals surface area contributed by atoms with Crippen LogP contribution in [0.15, 0.2) is 48.5 Å². The van der Waals surface area contributed by atoms with Gasteiger partial charge >= 0.3 is 0 Å². The maximum atomic E-state index is 12.4. The fourth-order valence-electron chi connectivity index (χ4n) is 2.09. The molecular weight excluding hydrogens is 394 g/mol. The molecule has 0 aliphatic heterocycles. The van der Waals surface area contributed by atoms with E-state index < -0.39 is 0 Å². The zero-order chi connectivity index (χ0) is 15.4. The number of anilines is 1. The lowest BCUT2D eigenvalue weighted by Crippen LogP contribution is -2.26. The summed E-state index contributed by atoms with van der Waals surface area (Å²) in [6.45, 7) is 4.03. The van der Waals surface area contributed by atoms with Crippen molar-refractivity contribution >= 4 is 43.5 Å². The fourth-order valence-corrected chi connectivity index (χ4v) is 3.06. The Labute approximate surface area is 142 Å². The molecule has 0 radical (unpaired) electrons. The topological polar surface area (TPSA) is 29.1 Å². The Hall–Kier alpha value is -1.13. The van der Waals surface area contributed by atoms with E-state index in [-0.39, 0.29) is 15.6 Å². The molecule has 0 fully saturated rings. The summed E-state index contributed by atoms with van der Waals surface area (Å²) in [4.78, 5) is 12.0. The number of alkyl halides is 2. The van der Waals surface area contributed by atoms with Gasteiger partial charge in [-0.15, -0.1) is 0 Å². The van der Waals surface area contributed by atoms with Crippen LogP contribution in [0.25, 0.3) is 0 Å². The Morgan fingerprint density at radius 3 is 2.33 bits per heavy atom. The smallest absolute Gasteiger partial charge is 0.239 e. The minimum Gasteiger partial charge on any atom is -0.325 e. The van der Waals surface area contributed by atoms with E-state index in [9.17, 15) is 4.79 Å². The summed E-state index contributed by atoms with van der Waals surface area (Å²) in [5, 5.41) is 2.97. The van der Waals surface area contributed by atoms with Crippen molar-refractivity contribution in [3.05, 3.63) is 65.2 Å². The number of amides is 1. The van der Waals surface area contributed by atoms with Crippen molar-refractivity contribution < 1.29 is 4.79 Å². The maximum Gasteiger partial charge on any atom is 0.239 e. The lowest BCUT2D eigenvalue weighted by Gasteiger charge is -2.18. The second-order valence-electron chi connectivity index (χ2n) is 5.02. The third-order valence-electron chi connectivity index (χ3n) is 3.27. The molecule has 2 aromatic carbocycles. The minimum absolute atomic E-state index is 0.0623. The Kier molecular flexibility index (Phi) is 5.59. The number of carbonyl (C=O) groups excluding carboxylic acids is 1. The zero-order valence-electron chi connectivity index (χ0n) is 11.9. The molecule has 0 aliphatic carbocycles. The average molecular weight is 411 g/mol. The lowest BCUT2D eigenvalue weighted by atomic mass is 10.1. The number of benzene rings is 2. The minimum atomic E-state index is -0.347. The predicted molar refractivity (Wildman–Crippen MR) is 95.4 cm³/mol. The SMILES string of the molecule is Cc1ccc(NC(=O)[C@@H](Br)[C@@H](Br)c2ccccc2)c(C)c1. The molecule has 1 amide bonds. The van der Waals surface area contributed by atoms with Gasteiger partial charge in [0.1, 0.15) is 4.83 Å². The van der Waals surface area contributed by atoms with Gasteiger partial charge in [-0.1, -0.05) is 79.9 Å². The van der Waals surface area contributed by atoms with E-state index in [1.165, 1.54) is 5.56 Å². The van der Waals surface area contributed by atoms with Crippen LogP contribution < -0.4 is 5.32 Å². The highest BCUT2D eigenvalue weighted by Gasteiger charge is 2.25. The molecule has 0 aliphatic rings. The number of nitrogens with one attached hydrogen (secondary N) is 1. The van der Waals surface area contributed by atoms with Gasteiger partial charge in [-0.05, 0) is 31.0 Å². The van der Waals surface area contributed by atoms with Crippen molar-refractivity contribution in [2.75, 3.05) is 5.32 Å². The van der Waals surface area contributed by atoms with E-state index in [0.717, 1.165) is 16.8 Å². The van der Waals surface area contributed by atoms with Crippen molar-refractivity contribution in [1.29, 1.82) is 0 Å². The van der Waals surface area contributed by atoms with Crippen LogP contribution in [0.4, 0.5) is 5.69 Å². The fraction of sp³-hybridized carbons (Fsp3) is 0.235. The first-order valence-corrected chi connectivity index (χ1v) is 8.53. The van der Waals surface area contributed by atoms with E-state index in [4.69, 9.17) is 0 Å². The summed E-state index contributed by atoms with van der Waals surface area (Å²) in [5.74, 6) is -0.0623. The number of halogens is 2. The van der Waals surface area contributed by atoms with Gasteiger partial charge in [-0.25, -0.2) is 0 Å². The predicted octanol–water partition coefficient (Wildman–Crippen LogP) is 5.14. The van der Waals surface area contributed by atoms with Crippen LogP contribution in [0.1, 0.15) is 21.5 Å². The second kappa shape index (κ2) is 7.23. The quantitative estimate of drug-likeness (QED) is 0.694. The molecule has 2 nitrogen and oxygen atoms in total. The van der Waals surface area contributed by atoms with Gasteiger partial charge in [0, 0.05) is 5.69 Å². The standard InChI is InChI=1S/C17H17Br2NO/c1-11-8-9-14(12(2)10-11)20-17(21)16(19)15(18)13-6-4-3-5-7-13/h3-10,15-16H,1-2H3,(H,20,21)/t15-,16-/m0/s1. The Balaban J connectivity index is 2.09. The normalized spacial score (nSPS) is 13.5. The van der Waals surface area contributed by atoms with Crippen molar-refractivity contribution in [2.24, 2.45) is 0 Å². The molecule has 2 aromatic rings. The largest absolute Gasteiger partial charge is 0.325 e. The third kappa shape index (κ3) is 4.17. The highest BCUT2D eigenvalue weighted by atomic mass is 79.9. The number of aryl methyl sites for hydroxylation is 2. The molecule has 110 valence electrons. The van der Waals surface area contributed by atoms with Crippen molar-refractivity contribution in [3.8, 4) is 0 Å². The van der Waals surface area contributed by atoms with Crippen LogP contribution in [0.5, 0.6) is 0 Å². The second-order valence-corrected chi connectivity index (χ2v) is 6.99. The summed E-state index contributed by atoms with van der Waals surface area (Å²) in [7, 11) is 0. The van der Waals surface area contributed by atoms with Gasteiger partial charge in [0.25, 0.3) is 0 Å². The number of hydrogen-bond donors (Lipinski definition) is 1. The van der Waals surface area contributed by atoms with Gasteiger partial charge in [0.2, 0.25) is 5.91 Å². The van der Waals surface area contributed by atoms with Crippen LogP contribution in [0.2, 0.25) is 0 Å². The molecule has 0 heterocycles. The monoisotopic (exact) mass is 409 g/mol. The highest BCUT2D eigenvalue weighted by molar-refractivity contribution is 9.12. The molecule has 0 unspecified atom stereocenters. The van der Waals surface area contributed by atoms with Gasteiger partial charge < -0.3 is 5.32 Å². The Bertz CT molecular complexity index is 628. The van der Waals surface area contributed by atoms with E-state index >= 15 is 0 Å². The van der Waals surface area contributed by atoms with Crippen LogP contribution >= 0.6 is 31.9 Å². The van der Waals surface area contributed by atoms with Gasteiger partial charge in [-0.3, -0.25) is 4.79 Å². The summed E-state index contributed by atoms with van der Waals surface area (Å²) >= 11 is 7.07. The molecule has 0 bridgehead atoms. The van der Waals surface area contributed by atoms with Gasteiger partial charge in [0.15, 0.2) is 0 Å². The number of hydrogen-bond acceptors (Lipinski definition) is 1. The van der Waals surface area contributed by atoms with E-state index in [1.54, 1.807) is 0 Å². The number of rotatable bonds is 4. The summed E-state index contributed by atoms with van der Waals surface area (Å²) in [6, 6.07) is 15.9. The van der Waals surface area contributed by atoms with Gasteiger partial charge in [0.05, 0.1) is 4.83 Å². The first kappa shape index (κ1) is 16.2. The van der Waals surface area contributed by atoms with Crippen LogP contribution in [-0.4, -0.2) is 10.7 Å². The first-order chi connectivity index (χ1) is 9.99. The summed E-state index contributed by atoms with van der Waals surface area (Å²) in [6.07, 6.45) is 0. The van der Waals surface area contributed by atoms with Crippen molar-refractivity contribution in [1.82, 2.24) is 0 Å². The highest BCUT2D eigenvalue weighted by Crippen LogP contribution is 2.32. The average Bonchev–Trinajstić information content (AvgIpc) is 2.49.